The van der Waals surface area contributed by atoms with Crippen LogP contribution in [0.3, 0.4) is 0 Å². The molecule has 1 aromatic heterocycles. The van der Waals surface area contributed by atoms with Gasteiger partial charge in [-0.15, -0.1) is 0 Å². The molecule has 1 aromatic rings. The van der Waals surface area contributed by atoms with Crippen molar-refractivity contribution >= 4 is 11.8 Å². The number of likely N-dealkylation sites (tertiary alicyclic amines) is 1. The normalized spacial score (nSPS) is 29.3. The number of aromatic nitrogens is 2. The Labute approximate surface area is 141 Å². The van der Waals surface area contributed by atoms with Crippen LogP contribution >= 0.6 is 0 Å². The maximum atomic E-state index is 12.3. The third-order valence-corrected chi connectivity index (χ3v) is 5.61. The van der Waals surface area contributed by atoms with Gasteiger partial charge in [0.25, 0.3) is 0 Å². The molecule has 2 amide bonds. The minimum atomic E-state index is 0.0901. The summed E-state index contributed by atoms with van der Waals surface area (Å²) in [4.78, 5) is 26.4. The van der Waals surface area contributed by atoms with Crippen LogP contribution in [0.1, 0.15) is 12.8 Å². The molecule has 2 saturated heterocycles. The summed E-state index contributed by atoms with van der Waals surface area (Å²) >= 11 is 0. The lowest BCUT2D eigenvalue weighted by Crippen LogP contribution is -2.38. The van der Waals surface area contributed by atoms with Crippen molar-refractivity contribution in [1.82, 2.24) is 20.0 Å². The van der Waals surface area contributed by atoms with E-state index in [2.05, 4.69) is 10.4 Å². The van der Waals surface area contributed by atoms with E-state index in [-0.39, 0.29) is 24.3 Å². The monoisotopic (exact) mass is 332 g/mol. The average molecular weight is 332 g/mol. The lowest BCUT2D eigenvalue weighted by molar-refractivity contribution is -0.132. The molecule has 4 rings (SSSR count). The average Bonchev–Trinajstić information content (AvgIpc) is 2.99. The van der Waals surface area contributed by atoms with E-state index in [1.54, 1.807) is 17.1 Å². The van der Waals surface area contributed by atoms with Gasteiger partial charge in [-0.25, -0.2) is 0 Å². The SMILES string of the molecule is O=C(NCC1CCOCC1)C1[C@@H]2CN(C(=O)Cn3cccn3)C[C@@H]12. The molecule has 0 radical (unpaired) electrons. The Morgan fingerprint density at radius 2 is 1.96 bits per heavy atom. The first kappa shape index (κ1) is 15.6. The lowest BCUT2D eigenvalue weighted by atomic mass is 10.0. The second-order valence-corrected chi connectivity index (χ2v) is 7.16. The van der Waals surface area contributed by atoms with Crippen LogP contribution in [-0.2, 0) is 20.9 Å². The molecule has 1 saturated carbocycles. The smallest absolute Gasteiger partial charge is 0.244 e. The van der Waals surface area contributed by atoms with Crippen LogP contribution in [0, 0.1) is 23.7 Å². The number of carbonyl (C=O) groups excluding carboxylic acids is 2. The maximum absolute atomic E-state index is 12.3. The van der Waals surface area contributed by atoms with Crippen LogP contribution in [-0.4, -0.2) is 59.3 Å². The number of hydrogen-bond donors (Lipinski definition) is 1. The van der Waals surface area contributed by atoms with Gasteiger partial charge < -0.3 is 15.0 Å². The summed E-state index contributed by atoms with van der Waals surface area (Å²) in [5, 5.41) is 7.18. The summed E-state index contributed by atoms with van der Waals surface area (Å²) in [6.07, 6.45) is 5.54. The third kappa shape index (κ3) is 3.17. The minimum absolute atomic E-state index is 0.0901. The van der Waals surface area contributed by atoms with E-state index in [1.165, 1.54) is 0 Å². The van der Waals surface area contributed by atoms with Gasteiger partial charge in [0.15, 0.2) is 0 Å². The Balaban J connectivity index is 1.20. The number of hydrogen-bond acceptors (Lipinski definition) is 4. The molecule has 1 aliphatic carbocycles. The number of fused-ring (bicyclic) bond motifs is 1. The van der Waals surface area contributed by atoms with Crippen molar-refractivity contribution in [1.29, 1.82) is 0 Å². The molecule has 0 spiro atoms. The Morgan fingerprint density at radius 3 is 2.62 bits per heavy atom. The second kappa shape index (κ2) is 6.55. The highest BCUT2D eigenvalue weighted by Crippen LogP contribution is 2.51. The molecule has 1 N–H and O–H groups in total. The number of ether oxygens (including phenoxy) is 1. The largest absolute Gasteiger partial charge is 0.381 e. The van der Waals surface area contributed by atoms with Crippen LogP contribution in [0.4, 0.5) is 0 Å². The molecule has 2 atom stereocenters. The first-order chi connectivity index (χ1) is 11.7. The van der Waals surface area contributed by atoms with E-state index >= 15 is 0 Å². The highest BCUT2D eigenvalue weighted by Gasteiger charge is 2.60. The van der Waals surface area contributed by atoms with Crippen LogP contribution in [0.25, 0.3) is 0 Å². The standard InChI is InChI=1S/C17H24N4O3/c22-15(11-21-5-1-4-19-21)20-9-13-14(10-20)16(13)17(23)18-8-12-2-6-24-7-3-12/h1,4-5,12-14,16H,2-3,6-11H2,(H,18,23)/t13-,14-/m1/s1. The summed E-state index contributed by atoms with van der Waals surface area (Å²) in [6, 6.07) is 1.81. The van der Waals surface area contributed by atoms with Crippen molar-refractivity contribution in [3.63, 3.8) is 0 Å². The van der Waals surface area contributed by atoms with Crippen LogP contribution in [0.5, 0.6) is 0 Å². The van der Waals surface area contributed by atoms with Gasteiger partial charge in [-0.2, -0.15) is 5.10 Å². The second-order valence-electron chi connectivity index (χ2n) is 7.16. The van der Waals surface area contributed by atoms with Crippen LogP contribution in [0.15, 0.2) is 18.5 Å². The van der Waals surface area contributed by atoms with Gasteiger partial charge in [-0.1, -0.05) is 0 Å². The molecule has 24 heavy (non-hydrogen) atoms. The topological polar surface area (TPSA) is 76.5 Å². The number of nitrogens with one attached hydrogen (secondary N) is 1. The number of amides is 2. The Morgan fingerprint density at radius 1 is 1.21 bits per heavy atom. The Bertz CT molecular complexity index is 585. The molecule has 2 aliphatic heterocycles. The molecule has 130 valence electrons. The molecule has 3 aliphatic rings. The fraction of sp³-hybridized carbons (Fsp3) is 0.706. The van der Waals surface area contributed by atoms with Gasteiger partial charge >= 0.3 is 0 Å². The fourth-order valence-corrected chi connectivity index (χ4v) is 4.06. The van der Waals surface area contributed by atoms with Crippen LogP contribution < -0.4 is 5.32 Å². The molecule has 0 unspecified atom stereocenters. The van der Waals surface area contributed by atoms with Gasteiger partial charge in [-0.05, 0) is 36.7 Å². The van der Waals surface area contributed by atoms with Gasteiger partial charge in [0.1, 0.15) is 6.54 Å². The molecular weight excluding hydrogens is 308 g/mol. The summed E-state index contributed by atoms with van der Waals surface area (Å²) in [5.41, 5.74) is 0. The third-order valence-electron chi connectivity index (χ3n) is 5.61. The molecular formula is C17H24N4O3. The molecule has 7 heteroatoms. The summed E-state index contributed by atoms with van der Waals surface area (Å²) < 4.78 is 6.99. The molecule has 7 nitrogen and oxygen atoms in total. The predicted octanol–water partition coefficient (Wildman–Crippen LogP) is 0.130. The molecule has 0 aromatic carbocycles. The van der Waals surface area contributed by atoms with Gasteiger partial charge in [0.2, 0.25) is 11.8 Å². The van der Waals surface area contributed by atoms with Gasteiger partial charge in [0.05, 0.1) is 0 Å². The maximum Gasteiger partial charge on any atom is 0.244 e. The van der Waals surface area contributed by atoms with E-state index in [0.29, 0.717) is 30.8 Å². The fourth-order valence-electron chi connectivity index (χ4n) is 4.06. The van der Waals surface area contributed by atoms with Crippen molar-refractivity contribution in [2.75, 3.05) is 32.8 Å². The van der Waals surface area contributed by atoms with Crippen molar-refractivity contribution in [2.45, 2.75) is 19.4 Å². The first-order valence-electron chi connectivity index (χ1n) is 8.83. The minimum Gasteiger partial charge on any atom is -0.381 e. The Kier molecular flexibility index (Phi) is 4.26. The zero-order chi connectivity index (χ0) is 16.5. The van der Waals surface area contributed by atoms with Gasteiger partial charge in [0, 0.05) is 51.2 Å². The zero-order valence-electron chi connectivity index (χ0n) is 13.8. The van der Waals surface area contributed by atoms with Crippen molar-refractivity contribution in [3.05, 3.63) is 18.5 Å². The number of carbonyl (C=O) groups is 2. The van der Waals surface area contributed by atoms with Crippen molar-refractivity contribution in [3.8, 4) is 0 Å². The number of nitrogens with zero attached hydrogens (tertiary/aromatic N) is 3. The van der Waals surface area contributed by atoms with Crippen LogP contribution in [0.2, 0.25) is 0 Å². The predicted molar refractivity (Wildman–Crippen MR) is 85.8 cm³/mol. The summed E-state index contributed by atoms with van der Waals surface area (Å²) in [7, 11) is 0. The number of piperidine rings is 1. The van der Waals surface area contributed by atoms with E-state index in [1.807, 2.05) is 11.0 Å². The summed E-state index contributed by atoms with van der Waals surface area (Å²) in [6.45, 7) is 4.08. The quantitative estimate of drug-likeness (QED) is 0.832. The lowest BCUT2D eigenvalue weighted by Gasteiger charge is -2.23. The molecule has 0 bridgehead atoms. The first-order valence-corrected chi connectivity index (χ1v) is 8.83. The highest BCUT2D eigenvalue weighted by molar-refractivity contribution is 5.84. The zero-order valence-corrected chi connectivity index (χ0v) is 13.8. The van der Waals surface area contributed by atoms with E-state index in [0.717, 1.165) is 32.6 Å². The van der Waals surface area contributed by atoms with E-state index < -0.39 is 0 Å². The van der Waals surface area contributed by atoms with E-state index in [4.69, 9.17) is 4.74 Å². The molecule has 3 fully saturated rings. The summed E-state index contributed by atoms with van der Waals surface area (Å²) in [5.74, 6) is 1.62. The van der Waals surface area contributed by atoms with Gasteiger partial charge in [-0.3, -0.25) is 14.3 Å². The van der Waals surface area contributed by atoms with Crippen molar-refractivity contribution < 1.29 is 14.3 Å². The highest BCUT2D eigenvalue weighted by atomic mass is 16.5. The van der Waals surface area contributed by atoms with Crippen molar-refractivity contribution in [2.24, 2.45) is 23.7 Å². The Hall–Kier alpha value is -1.89. The molecule has 3 heterocycles. The number of rotatable bonds is 5. The van der Waals surface area contributed by atoms with E-state index in [9.17, 15) is 9.59 Å².